The first-order valence-corrected chi connectivity index (χ1v) is 14.4. The molecular weight excluding hydrogens is 528 g/mol. The highest BCUT2D eigenvalue weighted by Crippen LogP contribution is 2.38. The average molecular weight is 559 g/mol. The van der Waals surface area contributed by atoms with Crippen LogP contribution in [-0.2, 0) is 5.41 Å². The van der Waals surface area contributed by atoms with E-state index in [0.29, 0.717) is 17.0 Å². The number of benzene rings is 5. The van der Waals surface area contributed by atoms with Crippen LogP contribution in [0.5, 0.6) is 5.75 Å². The van der Waals surface area contributed by atoms with E-state index >= 15 is 0 Å². The zero-order valence-corrected chi connectivity index (χ0v) is 24.0. The number of phenolic OH excluding ortho intramolecular Hbond substituents is 1. The van der Waals surface area contributed by atoms with Crippen LogP contribution < -0.4 is 0 Å². The van der Waals surface area contributed by atoms with Gasteiger partial charge in [0, 0.05) is 22.7 Å². The summed E-state index contributed by atoms with van der Waals surface area (Å²) in [5.41, 5.74) is 10.2. The van der Waals surface area contributed by atoms with Crippen LogP contribution in [0.2, 0.25) is 0 Å². The third-order valence-corrected chi connectivity index (χ3v) is 8.20. The highest BCUT2D eigenvalue weighted by molar-refractivity contribution is 5.93. The van der Waals surface area contributed by atoms with E-state index in [9.17, 15) is 5.11 Å². The van der Waals surface area contributed by atoms with Crippen LogP contribution in [0.25, 0.3) is 56.1 Å². The van der Waals surface area contributed by atoms with E-state index in [4.69, 9.17) is 14.4 Å². The summed E-state index contributed by atoms with van der Waals surface area (Å²) in [6.45, 7) is 4.45. The number of pyridine rings is 1. The number of hydrogen-bond acceptors (Lipinski definition) is 4. The molecule has 0 aliphatic rings. The van der Waals surface area contributed by atoms with Gasteiger partial charge in [0.2, 0.25) is 5.89 Å². The minimum atomic E-state index is -0.149. The molecule has 0 saturated heterocycles. The molecule has 7 aromatic rings. The number of para-hydroxylation sites is 1. The van der Waals surface area contributed by atoms with Gasteiger partial charge in [-0.05, 0) is 58.1 Å². The molecule has 0 fully saturated rings. The maximum Gasteiger partial charge on any atom is 0.231 e. The van der Waals surface area contributed by atoms with Gasteiger partial charge in [-0.25, -0.2) is 4.98 Å². The monoisotopic (exact) mass is 558 g/mol. The normalized spacial score (nSPS) is 11.6. The Hall–Kier alpha value is -5.48. The van der Waals surface area contributed by atoms with Crippen LogP contribution in [0.3, 0.4) is 0 Å². The number of nitrogens with zero attached hydrogens (tertiary/aromatic N) is 2. The third-order valence-electron chi connectivity index (χ3n) is 8.20. The lowest BCUT2D eigenvalue weighted by Crippen LogP contribution is -2.18. The maximum absolute atomic E-state index is 10.7. The number of rotatable bonds is 6. The lowest BCUT2D eigenvalue weighted by Gasteiger charge is -2.25. The fourth-order valence-corrected chi connectivity index (χ4v) is 5.62. The van der Waals surface area contributed by atoms with Gasteiger partial charge in [-0.2, -0.15) is 0 Å². The summed E-state index contributed by atoms with van der Waals surface area (Å²) >= 11 is 0. The van der Waals surface area contributed by atoms with Gasteiger partial charge in [0.1, 0.15) is 11.3 Å². The van der Waals surface area contributed by atoms with Gasteiger partial charge >= 0.3 is 0 Å². The molecular formula is C39H30N2O2. The van der Waals surface area contributed by atoms with Gasteiger partial charge in [0.05, 0.1) is 11.3 Å². The molecule has 0 bridgehead atoms. The topological polar surface area (TPSA) is 59.2 Å². The van der Waals surface area contributed by atoms with E-state index in [-0.39, 0.29) is 11.2 Å². The summed E-state index contributed by atoms with van der Waals surface area (Å²) in [5, 5.41) is 10.7. The van der Waals surface area contributed by atoms with Crippen molar-refractivity contribution in [1.82, 2.24) is 9.97 Å². The largest absolute Gasteiger partial charge is 0.507 e. The fourth-order valence-electron chi connectivity index (χ4n) is 5.62. The van der Waals surface area contributed by atoms with Crippen molar-refractivity contribution in [3.63, 3.8) is 0 Å². The van der Waals surface area contributed by atoms with Crippen molar-refractivity contribution in [2.45, 2.75) is 19.3 Å². The Balaban J connectivity index is 1.23. The zero-order valence-electron chi connectivity index (χ0n) is 24.0. The molecule has 4 heteroatoms. The number of fused-ring (bicyclic) bond motifs is 1. The second-order valence-corrected chi connectivity index (χ2v) is 11.3. The molecule has 0 amide bonds. The Kier molecular flexibility index (Phi) is 6.59. The van der Waals surface area contributed by atoms with Crippen LogP contribution in [-0.4, -0.2) is 15.1 Å². The Morgan fingerprint density at radius 1 is 0.581 bits per heavy atom. The number of phenols is 1. The second-order valence-electron chi connectivity index (χ2n) is 11.3. The molecule has 0 radical (unpaired) electrons. The fraction of sp³-hybridized carbons (Fsp3) is 0.0769. The van der Waals surface area contributed by atoms with Crippen LogP contribution >= 0.6 is 0 Å². The van der Waals surface area contributed by atoms with Gasteiger partial charge in [-0.15, -0.1) is 0 Å². The Bertz CT molecular complexity index is 2040. The summed E-state index contributed by atoms with van der Waals surface area (Å²) in [6, 6.07) is 44.6. The SMILES string of the molecule is CC(C)(c1ccccc1)c1ccc(-c2cccc(-c3cccc4oc(-c5cc(-c6ccccc6)ccc5O)nc34)c2)nc1. The molecule has 5 aromatic carbocycles. The summed E-state index contributed by atoms with van der Waals surface area (Å²) in [6.07, 6.45) is 1.98. The molecule has 7 rings (SSSR count). The predicted molar refractivity (Wildman–Crippen MR) is 174 cm³/mol. The average Bonchev–Trinajstić information content (AvgIpc) is 3.50. The highest BCUT2D eigenvalue weighted by atomic mass is 16.3. The van der Waals surface area contributed by atoms with Gasteiger partial charge < -0.3 is 9.52 Å². The summed E-state index contributed by atoms with van der Waals surface area (Å²) in [5.74, 6) is 0.506. The van der Waals surface area contributed by atoms with E-state index in [0.717, 1.165) is 44.6 Å². The zero-order chi connectivity index (χ0) is 29.4. The van der Waals surface area contributed by atoms with Gasteiger partial charge in [-0.3, -0.25) is 4.98 Å². The van der Waals surface area contributed by atoms with Crippen molar-refractivity contribution in [2.75, 3.05) is 0 Å². The van der Waals surface area contributed by atoms with Gasteiger partial charge in [-0.1, -0.05) is 117 Å². The van der Waals surface area contributed by atoms with Crippen molar-refractivity contribution in [3.05, 3.63) is 151 Å². The van der Waals surface area contributed by atoms with E-state index in [1.807, 2.05) is 79.0 Å². The molecule has 0 saturated carbocycles. The molecule has 208 valence electrons. The summed E-state index contributed by atoms with van der Waals surface area (Å²) in [4.78, 5) is 9.75. The second kappa shape index (κ2) is 10.7. The number of aromatic hydroxyl groups is 1. The molecule has 0 spiro atoms. The first-order chi connectivity index (χ1) is 21.0. The van der Waals surface area contributed by atoms with E-state index in [1.165, 1.54) is 5.56 Å². The molecule has 0 aliphatic heterocycles. The van der Waals surface area contributed by atoms with Crippen LogP contribution in [0.15, 0.2) is 144 Å². The quantitative estimate of drug-likeness (QED) is 0.221. The van der Waals surface area contributed by atoms with Gasteiger partial charge in [0.15, 0.2) is 5.58 Å². The van der Waals surface area contributed by atoms with Crippen molar-refractivity contribution >= 4 is 11.1 Å². The highest BCUT2D eigenvalue weighted by Gasteiger charge is 2.23. The smallest absolute Gasteiger partial charge is 0.231 e. The Labute approximate surface area is 251 Å². The Morgan fingerprint density at radius 3 is 2.07 bits per heavy atom. The van der Waals surface area contributed by atoms with E-state index < -0.39 is 0 Å². The maximum atomic E-state index is 10.7. The van der Waals surface area contributed by atoms with Crippen molar-refractivity contribution in [2.24, 2.45) is 0 Å². The molecule has 2 heterocycles. The van der Waals surface area contributed by atoms with Crippen molar-refractivity contribution in [1.29, 1.82) is 0 Å². The van der Waals surface area contributed by atoms with Crippen molar-refractivity contribution < 1.29 is 9.52 Å². The minimum Gasteiger partial charge on any atom is -0.507 e. The number of aromatic nitrogens is 2. The molecule has 4 nitrogen and oxygen atoms in total. The first kappa shape index (κ1) is 26.4. The predicted octanol–water partition coefficient (Wildman–Crippen LogP) is 9.92. The van der Waals surface area contributed by atoms with Crippen LogP contribution in [0.4, 0.5) is 0 Å². The summed E-state index contributed by atoms with van der Waals surface area (Å²) in [7, 11) is 0. The minimum absolute atomic E-state index is 0.125. The first-order valence-electron chi connectivity index (χ1n) is 14.4. The number of oxazole rings is 1. The Morgan fingerprint density at radius 2 is 1.30 bits per heavy atom. The molecule has 0 unspecified atom stereocenters. The number of hydrogen-bond donors (Lipinski definition) is 1. The lowest BCUT2D eigenvalue weighted by atomic mass is 9.79. The van der Waals surface area contributed by atoms with Gasteiger partial charge in [0.25, 0.3) is 0 Å². The molecule has 1 N–H and O–H groups in total. The van der Waals surface area contributed by atoms with Crippen LogP contribution in [0, 0.1) is 0 Å². The molecule has 0 aliphatic carbocycles. The lowest BCUT2D eigenvalue weighted by molar-refractivity contribution is 0.474. The standard InChI is InChI=1S/C39H30N2O2/c1-39(2,30-15-7-4-8-16-30)31-20-21-34(40-25-31)29-14-9-13-28(23-29)32-17-10-18-36-37(32)41-38(43-36)33-24-27(19-22-35(33)42)26-11-5-3-6-12-26/h3-25,42H,1-2H3. The van der Waals surface area contributed by atoms with Crippen LogP contribution in [0.1, 0.15) is 25.0 Å². The van der Waals surface area contributed by atoms with Crippen molar-refractivity contribution in [3.8, 4) is 50.7 Å². The molecule has 0 atom stereocenters. The van der Waals surface area contributed by atoms with E-state index in [1.54, 1.807) is 6.07 Å². The summed E-state index contributed by atoms with van der Waals surface area (Å²) < 4.78 is 6.20. The molecule has 43 heavy (non-hydrogen) atoms. The molecule has 2 aromatic heterocycles. The van der Waals surface area contributed by atoms with E-state index in [2.05, 4.69) is 68.4 Å². The third kappa shape index (κ3) is 4.98.